The number of fused-ring (bicyclic) bond motifs is 6. The number of aromatic nitrogens is 2. The fourth-order valence-electron chi connectivity index (χ4n) is 8.11. The Kier molecular flexibility index (Phi) is 7.14. The molecule has 0 spiro atoms. The minimum atomic E-state index is 0.601. The maximum atomic E-state index is 6.63. The van der Waals surface area contributed by atoms with Crippen LogP contribution in [0.3, 0.4) is 0 Å². The van der Waals surface area contributed by atoms with E-state index in [0.29, 0.717) is 5.89 Å². The van der Waals surface area contributed by atoms with Crippen LogP contribution in [0.5, 0.6) is 0 Å². The van der Waals surface area contributed by atoms with Crippen molar-refractivity contribution in [2.75, 3.05) is 4.90 Å². The van der Waals surface area contributed by atoms with Crippen molar-refractivity contribution in [2.45, 2.75) is 0 Å². The summed E-state index contributed by atoms with van der Waals surface area (Å²) in [4.78, 5) is 7.23. The first-order valence-corrected chi connectivity index (χ1v) is 18.6. The fourth-order valence-corrected chi connectivity index (χ4v) is 8.11. The summed E-state index contributed by atoms with van der Waals surface area (Å²) >= 11 is 0. The predicted molar refractivity (Wildman–Crippen MR) is 229 cm³/mol. The molecule has 0 aliphatic rings. The Morgan fingerprint density at radius 1 is 0.418 bits per heavy atom. The van der Waals surface area contributed by atoms with Crippen molar-refractivity contribution in [1.82, 2.24) is 9.55 Å². The van der Waals surface area contributed by atoms with Crippen molar-refractivity contribution in [3.8, 4) is 28.3 Å². The Balaban J connectivity index is 1.10. The summed E-state index contributed by atoms with van der Waals surface area (Å²) in [7, 11) is 0. The zero-order valence-electron chi connectivity index (χ0n) is 29.8. The number of benzene rings is 9. The van der Waals surface area contributed by atoms with Gasteiger partial charge in [-0.2, -0.15) is 0 Å². The number of anilines is 3. The summed E-state index contributed by atoms with van der Waals surface area (Å²) in [5.41, 5.74) is 11.3. The van der Waals surface area contributed by atoms with Gasteiger partial charge in [0.15, 0.2) is 5.58 Å². The third-order valence-corrected chi connectivity index (χ3v) is 10.8. The largest absolute Gasteiger partial charge is 0.434 e. The molecule has 0 atom stereocenters. The van der Waals surface area contributed by atoms with Crippen LogP contribution in [0.1, 0.15) is 0 Å². The van der Waals surface area contributed by atoms with Crippen molar-refractivity contribution in [3.05, 3.63) is 200 Å². The minimum absolute atomic E-state index is 0.601. The van der Waals surface area contributed by atoms with Crippen molar-refractivity contribution in [1.29, 1.82) is 0 Å². The molecule has 9 aromatic carbocycles. The minimum Gasteiger partial charge on any atom is -0.434 e. The van der Waals surface area contributed by atoms with Gasteiger partial charge in [-0.3, -0.25) is 0 Å². The summed E-state index contributed by atoms with van der Waals surface area (Å²) in [6.07, 6.45) is 0. The van der Waals surface area contributed by atoms with Crippen LogP contribution >= 0.6 is 0 Å². The van der Waals surface area contributed by atoms with Crippen molar-refractivity contribution in [3.63, 3.8) is 0 Å². The Hall–Kier alpha value is -7.43. The summed E-state index contributed by atoms with van der Waals surface area (Å²) in [5.74, 6) is 0.601. The predicted octanol–water partition coefficient (Wildman–Crippen LogP) is 14.0. The summed E-state index contributed by atoms with van der Waals surface area (Å²) in [5, 5.41) is 7.28. The number of hydrogen-bond acceptors (Lipinski definition) is 3. The Labute approximate surface area is 317 Å². The first-order valence-electron chi connectivity index (χ1n) is 18.6. The molecule has 0 aliphatic carbocycles. The molecule has 0 bridgehead atoms. The lowest BCUT2D eigenvalue weighted by Gasteiger charge is -2.26. The number of nitrogens with zero attached hydrogens (tertiary/aromatic N) is 3. The number of para-hydroxylation sites is 3. The second kappa shape index (κ2) is 12.6. The van der Waals surface area contributed by atoms with Gasteiger partial charge in [-0.05, 0) is 118 Å². The molecule has 55 heavy (non-hydrogen) atoms. The maximum absolute atomic E-state index is 6.63. The van der Waals surface area contributed by atoms with Crippen LogP contribution < -0.4 is 4.90 Å². The van der Waals surface area contributed by atoms with E-state index in [2.05, 4.69) is 173 Å². The highest BCUT2D eigenvalue weighted by molar-refractivity contribution is 6.14. The van der Waals surface area contributed by atoms with E-state index in [-0.39, 0.29) is 0 Å². The zero-order valence-corrected chi connectivity index (χ0v) is 29.8. The average molecular weight is 704 g/mol. The van der Waals surface area contributed by atoms with E-state index < -0.39 is 0 Å². The van der Waals surface area contributed by atoms with E-state index in [1.807, 2.05) is 36.4 Å². The van der Waals surface area contributed by atoms with Gasteiger partial charge in [-0.25, -0.2) is 4.98 Å². The molecule has 4 nitrogen and oxygen atoms in total. The van der Waals surface area contributed by atoms with Crippen LogP contribution in [0.4, 0.5) is 17.1 Å². The average Bonchev–Trinajstić information content (AvgIpc) is 3.84. The third-order valence-electron chi connectivity index (χ3n) is 10.8. The SMILES string of the molecule is c1ccc(-c2nc3cccc(N(c4ccc(-c5ccc6ccccc6c5)cc4)c4ccc5cc6c7ccccc7n(-c7ccccc7)c6cc5c4)c3o2)cc1. The highest BCUT2D eigenvalue weighted by atomic mass is 16.3. The van der Waals surface area contributed by atoms with E-state index in [1.165, 1.54) is 43.5 Å². The molecule has 4 heteroatoms. The molecular formula is C51H33N3O. The lowest BCUT2D eigenvalue weighted by atomic mass is 10.0. The first-order chi connectivity index (χ1) is 27.2. The fraction of sp³-hybridized carbons (Fsp3) is 0. The second-order valence-corrected chi connectivity index (χ2v) is 14.0. The molecule has 0 saturated heterocycles. The standard InChI is InChI=1S/C51H33N3O/c1-3-13-36(14-4-1)51-52-46-19-11-21-48(50(46)55-51)53(42-27-24-35(25-28-42)38-23-22-34-12-7-8-15-37(34)30-38)43-29-26-39-32-45-44-18-9-10-20-47(44)54(41-16-5-2-6-17-41)49(45)33-40(39)31-43/h1-33H. The van der Waals surface area contributed by atoms with Gasteiger partial charge in [-0.1, -0.05) is 115 Å². The van der Waals surface area contributed by atoms with Crippen molar-refractivity contribution in [2.24, 2.45) is 0 Å². The number of rotatable bonds is 6. The van der Waals surface area contributed by atoms with Gasteiger partial charge in [0.05, 0.1) is 16.7 Å². The smallest absolute Gasteiger partial charge is 0.227 e. The van der Waals surface area contributed by atoms with Gasteiger partial charge in [-0.15, -0.1) is 0 Å². The third kappa shape index (κ3) is 5.26. The van der Waals surface area contributed by atoms with Gasteiger partial charge in [0, 0.05) is 33.4 Å². The van der Waals surface area contributed by atoms with Gasteiger partial charge >= 0.3 is 0 Å². The van der Waals surface area contributed by atoms with Crippen LogP contribution in [-0.2, 0) is 0 Å². The number of hydrogen-bond donors (Lipinski definition) is 0. The van der Waals surface area contributed by atoms with Crippen LogP contribution in [-0.4, -0.2) is 9.55 Å². The molecule has 0 saturated carbocycles. The van der Waals surface area contributed by atoms with E-state index in [4.69, 9.17) is 9.40 Å². The maximum Gasteiger partial charge on any atom is 0.227 e. The van der Waals surface area contributed by atoms with Gasteiger partial charge < -0.3 is 13.9 Å². The van der Waals surface area contributed by atoms with Crippen LogP contribution in [0.25, 0.3) is 82.7 Å². The van der Waals surface area contributed by atoms with Crippen LogP contribution in [0.15, 0.2) is 205 Å². The Morgan fingerprint density at radius 3 is 1.96 bits per heavy atom. The second-order valence-electron chi connectivity index (χ2n) is 14.0. The molecule has 11 rings (SSSR count). The summed E-state index contributed by atoms with van der Waals surface area (Å²) < 4.78 is 9.01. The van der Waals surface area contributed by atoms with Gasteiger partial charge in [0.2, 0.25) is 5.89 Å². The van der Waals surface area contributed by atoms with Crippen molar-refractivity contribution < 1.29 is 4.42 Å². The molecule has 0 N–H and O–H groups in total. The molecule has 0 unspecified atom stereocenters. The normalized spacial score (nSPS) is 11.6. The lowest BCUT2D eigenvalue weighted by molar-refractivity contribution is 0.620. The lowest BCUT2D eigenvalue weighted by Crippen LogP contribution is -2.10. The van der Waals surface area contributed by atoms with E-state index in [0.717, 1.165) is 50.4 Å². The van der Waals surface area contributed by atoms with Crippen LogP contribution in [0.2, 0.25) is 0 Å². The van der Waals surface area contributed by atoms with Gasteiger partial charge in [0.1, 0.15) is 5.52 Å². The highest BCUT2D eigenvalue weighted by Gasteiger charge is 2.21. The molecule has 2 heterocycles. The summed E-state index contributed by atoms with van der Waals surface area (Å²) in [6, 6.07) is 71.1. The topological polar surface area (TPSA) is 34.2 Å². The summed E-state index contributed by atoms with van der Waals surface area (Å²) in [6.45, 7) is 0. The first kappa shape index (κ1) is 31.1. The molecule has 0 aliphatic heterocycles. The zero-order chi connectivity index (χ0) is 36.3. The highest BCUT2D eigenvalue weighted by Crippen LogP contribution is 2.43. The molecule has 0 amide bonds. The Morgan fingerprint density at radius 2 is 1.11 bits per heavy atom. The molecule has 0 radical (unpaired) electrons. The molecule has 2 aromatic heterocycles. The molecule has 0 fully saturated rings. The van der Waals surface area contributed by atoms with Gasteiger partial charge in [0.25, 0.3) is 0 Å². The van der Waals surface area contributed by atoms with E-state index in [1.54, 1.807) is 0 Å². The van der Waals surface area contributed by atoms with E-state index in [9.17, 15) is 0 Å². The van der Waals surface area contributed by atoms with Crippen LogP contribution in [0, 0.1) is 0 Å². The van der Waals surface area contributed by atoms with Crippen molar-refractivity contribution >= 4 is 71.5 Å². The van der Waals surface area contributed by atoms with E-state index >= 15 is 0 Å². The monoisotopic (exact) mass is 703 g/mol. The molecule has 258 valence electrons. The molecule has 11 aromatic rings. The quantitative estimate of drug-likeness (QED) is 0.173. The Bertz CT molecular complexity index is 3200. The number of oxazole rings is 1. The molecular weight excluding hydrogens is 671 g/mol.